The molecular formula is C16H16N2O. The molecule has 3 heteroatoms. The molecule has 0 aliphatic heterocycles. The number of aliphatic hydroxyl groups is 1. The number of nitrogens with two attached hydrogens (primary N) is 1. The van der Waals surface area contributed by atoms with E-state index in [1.165, 1.54) is 0 Å². The lowest BCUT2D eigenvalue weighted by atomic mass is 9.96. The summed E-state index contributed by atoms with van der Waals surface area (Å²) in [5.41, 5.74) is 8.45. The minimum absolute atomic E-state index is 0.365. The molecule has 3 N–H and O–H groups in total. The third-order valence-corrected chi connectivity index (χ3v) is 3.10. The number of nitriles is 1. The Morgan fingerprint density at radius 1 is 1.05 bits per heavy atom. The molecule has 2 aromatic rings. The molecule has 0 radical (unpaired) electrons. The summed E-state index contributed by atoms with van der Waals surface area (Å²) in [7, 11) is 0. The summed E-state index contributed by atoms with van der Waals surface area (Å²) in [5, 5.41) is 18.9. The average molecular weight is 252 g/mol. The van der Waals surface area contributed by atoms with Crippen LogP contribution in [0.1, 0.15) is 22.8 Å². The van der Waals surface area contributed by atoms with E-state index in [-0.39, 0.29) is 6.04 Å². The minimum atomic E-state index is -0.729. The fraction of sp³-hybridized carbons (Fsp3) is 0.188. The van der Waals surface area contributed by atoms with Gasteiger partial charge in [0.2, 0.25) is 0 Å². The maximum absolute atomic E-state index is 10.2. The third kappa shape index (κ3) is 3.41. The highest BCUT2D eigenvalue weighted by molar-refractivity contribution is 5.33. The van der Waals surface area contributed by atoms with Gasteiger partial charge in [-0.1, -0.05) is 42.5 Å². The van der Waals surface area contributed by atoms with Crippen molar-refractivity contribution < 1.29 is 5.11 Å². The van der Waals surface area contributed by atoms with Gasteiger partial charge in [0.15, 0.2) is 0 Å². The Balaban J connectivity index is 2.06. The van der Waals surface area contributed by atoms with Crippen molar-refractivity contribution in [3.63, 3.8) is 0 Å². The van der Waals surface area contributed by atoms with Gasteiger partial charge in [-0.2, -0.15) is 5.26 Å². The van der Waals surface area contributed by atoms with Crippen LogP contribution in [0.5, 0.6) is 0 Å². The predicted molar refractivity (Wildman–Crippen MR) is 74.2 cm³/mol. The molecule has 0 bridgehead atoms. The van der Waals surface area contributed by atoms with Crippen molar-refractivity contribution in [1.29, 1.82) is 5.26 Å². The summed E-state index contributed by atoms with van der Waals surface area (Å²) < 4.78 is 0. The molecule has 19 heavy (non-hydrogen) atoms. The van der Waals surface area contributed by atoms with Crippen LogP contribution in [0.15, 0.2) is 54.6 Å². The molecule has 2 unspecified atom stereocenters. The Kier molecular flexibility index (Phi) is 4.30. The van der Waals surface area contributed by atoms with Crippen LogP contribution in [-0.2, 0) is 6.42 Å². The van der Waals surface area contributed by atoms with Gasteiger partial charge in [0.25, 0.3) is 0 Å². The maximum atomic E-state index is 10.2. The lowest BCUT2D eigenvalue weighted by molar-refractivity contribution is 0.146. The van der Waals surface area contributed by atoms with Crippen LogP contribution in [0, 0.1) is 11.3 Å². The number of hydrogen-bond acceptors (Lipinski definition) is 3. The molecule has 0 saturated heterocycles. The van der Waals surface area contributed by atoms with Crippen LogP contribution in [0.4, 0.5) is 0 Å². The molecule has 3 nitrogen and oxygen atoms in total. The molecule has 0 saturated carbocycles. The van der Waals surface area contributed by atoms with Crippen LogP contribution >= 0.6 is 0 Å². The average Bonchev–Trinajstić information content (AvgIpc) is 2.47. The normalized spacial score (nSPS) is 13.5. The molecular weight excluding hydrogens is 236 g/mol. The lowest BCUT2D eigenvalue weighted by Gasteiger charge is -2.19. The maximum Gasteiger partial charge on any atom is 0.0991 e. The first-order valence-corrected chi connectivity index (χ1v) is 6.18. The molecule has 0 aromatic heterocycles. The summed E-state index contributed by atoms with van der Waals surface area (Å²) >= 11 is 0. The Hall–Kier alpha value is -2.15. The third-order valence-electron chi connectivity index (χ3n) is 3.10. The first kappa shape index (κ1) is 13.3. The van der Waals surface area contributed by atoms with E-state index < -0.39 is 6.10 Å². The van der Waals surface area contributed by atoms with Gasteiger partial charge in [-0.3, -0.25) is 0 Å². The number of hydrogen-bond donors (Lipinski definition) is 2. The van der Waals surface area contributed by atoms with E-state index >= 15 is 0 Å². The van der Waals surface area contributed by atoms with E-state index in [1.54, 1.807) is 24.3 Å². The van der Waals surface area contributed by atoms with Crippen molar-refractivity contribution in [3.05, 3.63) is 71.3 Å². The van der Waals surface area contributed by atoms with E-state index in [0.29, 0.717) is 12.0 Å². The summed E-state index contributed by atoms with van der Waals surface area (Å²) in [4.78, 5) is 0. The van der Waals surface area contributed by atoms with Crippen LogP contribution in [0.3, 0.4) is 0 Å². The van der Waals surface area contributed by atoms with Gasteiger partial charge in [0.05, 0.1) is 17.7 Å². The highest BCUT2D eigenvalue weighted by atomic mass is 16.3. The second kappa shape index (κ2) is 6.14. The van der Waals surface area contributed by atoms with E-state index in [0.717, 1.165) is 11.1 Å². The largest absolute Gasteiger partial charge is 0.387 e. The zero-order valence-corrected chi connectivity index (χ0v) is 10.5. The van der Waals surface area contributed by atoms with Gasteiger partial charge in [-0.15, -0.1) is 0 Å². The van der Waals surface area contributed by atoms with Crippen molar-refractivity contribution in [3.8, 4) is 6.07 Å². The monoisotopic (exact) mass is 252 g/mol. The molecule has 0 aliphatic rings. The Morgan fingerprint density at radius 3 is 2.26 bits per heavy atom. The van der Waals surface area contributed by atoms with Crippen LogP contribution in [0.25, 0.3) is 0 Å². The molecule has 0 fully saturated rings. The smallest absolute Gasteiger partial charge is 0.0991 e. The van der Waals surface area contributed by atoms with E-state index in [9.17, 15) is 5.11 Å². The number of aliphatic hydroxyl groups excluding tert-OH is 1. The summed E-state index contributed by atoms with van der Waals surface area (Å²) in [6.45, 7) is 0. The van der Waals surface area contributed by atoms with Gasteiger partial charge < -0.3 is 10.8 Å². The van der Waals surface area contributed by atoms with Gasteiger partial charge in [0, 0.05) is 6.04 Å². The molecule has 2 rings (SSSR count). The van der Waals surface area contributed by atoms with Crippen molar-refractivity contribution in [2.45, 2.75) is 18.6 Å². The molecule has 0 heterocycles. The fourth-order valence-electron chi connectivity index (χ4n) is 2.00. The van der Waals surface area contributed by atoms with Crippen LogP contribution < -0.4 is 5.73 Å². The van der Waals surface area contributed by atoms with Crippen molar-refractivity contribution in [1.82, 2.24) is 0 Å². The summed E-state index contributed by atoms with van der Waals surface area (Å²) in [5.74, 6) is 0. The summed E-state index contributed by atoms with van der Waals surface area (Å²) in [6, 6.07) is 18.4. The molecule has 0 aliphatic carbocycles. The zero-order valence-electron chi connectivity index (χ0n) is 10.5. The fourth-order valence-corrected chi connectivity index (χ4v) is 2.00. The first-order valence-electron chi connectivity index (χ1n) is 6.18. The minimum Gasteiger partial charge on any atom is -0.387 e. The van der Waals surface area contributed by atoms with E-state index in [2.05, 4.69) is 0 Å². The zero-order chi connectivity index (χ0) is 13.7. The van der Waals surface area contributed by atoms with Gasteiger partial charge in [-0.05, 0) is 29.7 Å². The number of nitrogens with zero attached hydrogens (tertiary/aromatic N) is 1. The molecule has 96 valence electrons. The molecule has 2 aromatic carbocycles. The highest BCUT2D eigenvalue weighted by Gasteiger charge is 2.17. The van der Waals surface area contributed by atoms with Gasteiger partial charge in [0.1, 0.15) is 0 Å². The Bertz CT molecular complexity index is 558. The van der Waals surface area contributed by atoms with E-state index in [1.807, 2.05) is 36.4 Å². The summed E-state index contributed by atoms with van der Waals surface area (Å²) in [6.07, 6.45) is -0.116. The SMILES string of the molecule is N#Cc1ccc(C(O)C(N)Cc2ccccc2)cc1. The van der Waals surface area contributed by atoms with Crippen molar-refractivity contribution >= 4 is 0 Å². The second-order valence-electron chi connectivity index (χ2n) is 4.53. The quantitative estimate of drug-likeness (QED) is 0.876. The second-order valence-corrected chi connectivity index (χ2v) is 4.53. The topological polar surface area (TPSA) is 70.0 Å². The Morgan fingerprint density at radius 2 is 1.68 bits per heavy atom. The van der Waals surface area contributed by atoms with Crippen molar-refractivity contribution in [2.24, 2.45) is 5.73 Å². The highest BCUT2D eigenvalue weighted by Crippen LogP contribution is 2.18. The van der Waals surface area contributed by atoms with Gasteiger partial charge >= 0.3 is 0 Å². The van der Waals surface area contributed by atoms with Crippen molar-refractivity contribution in [2.75, 3.05) is 0 Å². The lowest BCUT2D eigenvalue weighted by Crippen LogP contribution is -2.30. The van der Waals surface area contributed by atoms with Crippen LogP contribution in [-0.4, -0.2) is 11.1 Å². The molecule has 2 atom stereocenters. The predicted octanol–water partition coefficient (Wildman–Crippen LogP) is 2.16. The van der Waals surface area contributed by atoms with Crippen LogP contribution in [0.2, 0.25) is 0 Å². The molecule has 0 spiro atoms. The first-order chi connectivity index (χ1) is 9.20. The standard InChI is InChI=1S/C16H16N2O/c17-11-13-6-8-14(9-7-13)16(19)15(18)10-12-4-2-1-3-5-12/h1-9,15-16,19H,10,18H2. The van der Waals surface area contributed by atoms with E-state index in [4.69, 9.17) is 11.0 Å². The number of benzene rings is 2. The number of rotatable bonds is 4. The molecule has 0 amide bonds. The van der Waals surface area contributed by atoms with Gasteiger partial charge in [-0.25, -0.2) is 0 Å². The Labute approximate surface area is 112 Å².